The smallest absolute Gasteiger partial charge is 0.412 e. The van der Waals surface area contributed by atoms with Gasteiger partial charge in [-0.05, 0) is 40.2 Å². The Bertz CT molecular complexity index is 1340. The first kappa shape index (κ1) is 32.6. The molecule has 11 nitrogen and oxygen atoms in total. The minimum atomic E-state index is -1.01. The van der Waals surface area contributed by atoms with Gasteiger partial charge in [0.15, 0.2) is 5.82 Å². The van der Waals surface area contributed by atoms with Crippen LogP contribution in [0.4, 0.5) is 10.6 Å². The highest BCUT2D eigenvalue weighted by atomic mass is 33.1. The predicted octanol–water partition coefficient (Wildman–Crippen LogP) is 4.70. The first-order valence-electron chi connectivity index (χ1n) is 13.6. The van der Waals surface area contributed by atoms with Crippen molar-refractivity contribution in [3.63, 3.8) is 0 Å². The van der Waals surface area contributed by atoms with Crippen molar-refractivity contribution in [3.05, 3.63) is 30.1 Å². The van der Waals surface area contributed by atoms with E-state index in [9.17, 15) is 19.5 Å². The monoisotopic (exact) mass is 605 g/mol. The van der Waals surface area contributed by atoms with Gasteiger partial charge in [0.2, 0.25) is 5.91 Å². The molecule has 3 aromatic rings. The quantitative estimate of drug-likeness (QED) is 0.146. The summed E-state index contributed by atoms with van der Waals surface area (Å²) in [5.41, 5.74) is 0.913. The predicted molar refractivity (Wildman–Crippen MR) is 164 cm³/mol. The van der Waals surface area contributed by atoms with Crippen molar-refractivity contribution in [1.82, 2.24) is 19.9 Å². The maximum Gasteiger partial charge on any atom is 0.412 e. The minimum Gasteiger partial charge on any atom is -0.448 e. The molecule has 0 saturated carbocycles. The van der Waals surface area contributed by atoms with E-state index in [4.69, 9.17) is 14.5 Å². The molecule has 0 spiro atoms. The number of aromatic nitrogens is 3. The number of fused-ring (bicyclic) bond motifs is 3. The van der Waals surface area contributed by atoms with Crippen molar-refractivity contribution in [3.8, 4) is 0 Å². The van der Waals surface area contributed by atoms with Crippen LogP contribution in [0.15, 0.2) is 24.3 Å². The number of pyridine rings is 1. The number of amides is 2. The van der Waals surface area contributed by atoms with Gasteiger partial charge in [-0.1, -0.05) is 39.8 Å². The number of hydrogen-bond acceptors (Lipinski definition) is 10. The number of nitrogens with zero attached hydrogens (tertiary/aromatic N) is 3. The summed E-state index contributed by atoms with van der Waals surface area (Å²) in [5, 5.41) is 17.0. The van der Waals surface area contributed by atoms with Gasteiger partial charge in [-0.2, -0.15) is 0 Å². The van der Waals surface area contributed by atoms with Gasteiger partial charge in [0.25, 0.3) is 0 Å². The van der Waals surface area contributed by atoms with Gasteiger partial charge in [0.1, 0.15) is 30.3 Å². The standard InChI is InChI=1S/C28H39N5O6S2/c1-5-38-17-22-31-24-25(33(22)18-28(3,4)37)20-9-6-7-10-21(20)30-26(24)32-27(36)39-14-16-41-40-15-8-11-23(35)29-13-12-19(2)34/h6-7,9-10,37H,5,8,11-18H2,1-4H3,(H,29,35)(H,30,32,36). The molecule has 0 radical (unpaired) electrons. The lowest BCUT2D eigenvalue weighted by Crippen LogP contribution is -2.27. The molecular weight excluding hydrogens is 566 g/mol. The Morgan fingerprint density at radius 3 is 2.59 bits per heavy atom. The van der Waals surface area contributed by atoms with Crippen molar-refractivity contribution in [2.24, 2.45) is 0 Å². The SMILES string of the molecule is CCOCc1nc2c(NC(=O)OCCSSCCCC(=O)NCCC(C)=O)nc3ccccc3c2n1CC(C)(C)O. The Balaban J connectivity index is 1.57. The summed E-state index contributed by atoms with van der Waals surface area (Å²) < 4.78 is 12.9. The average molecular weight is 606 g/mol. The molecule has 0 atom stereocenters. The number of rotatable bonds is 17. The molecule has 3 N–H and O–H groups in total. The number of benzene rings is 1. The van der Waals surface area contributed by atoms with Crippen molar-refractivity contribution in [2.75, 3.05) is 36.6 Å². The fraction of sp³-hybridized carbons (Fsp3) is 0.536. The fourth-order valence-corrected chi connectivity index (χ4v) is 5.92. The number of nitrogens with one attached hydrogen (secondary N) is 2. The number of ether oxygens (including phenoxy) is 2. The molecule has 0 aliphatic rings. The lowest BCUT2D eigenvalue weighted by atomic mass is 10.1. The number of Topliss-reactive ketones (excluding diaryl/α,β-unsaturated/α-hetero) is 1. The topological polar surface area (TPSA) is 145 Å². The van der Waals surface area contributed by atoms with Crippen molar-refractivity contribution in [2.45, 2.75) is 65.7 Å². The van der Waals surface area contributed by atoms with Crippen LogP contribution < -0.4 is 10.6 Å². The summed E-state index contributed by atoms with van der Waals surface area (Å²) in [6.07, 6.45) is 0.854. The zero-order valence-electron chi connectivity index (χ0n) is 24.0. The Morgan fingerprint density at radius 1 is 1.10 bits per heavy atom. The number of carbonyl (C=O) groups excluding carboxylic acids is 3. The third-order valence-corrected chi connectivity index (χ3v) is 8.23. The molecule has 0 saturated heterocycles. The number of ketones is 1. The molecule has 0 aliphatic heterocycles. The van der Waals surface area contributed by atoms with Crippen LogP contribution in [0, 0.1) is 0 Å². The largest absolute Gasteiger partial charge is 0.448 e. The van der Waals surface area contributed by atoms with Crippen molar-refractivity contribution < 1.29 is 29.0 Å². The Morgan fingerprint density at radius 2 is 1.85 bits per heavy atom. The van der Waals surface area contributed by atoms with E-state index in [1.807, 2.05) is 35.8 Å². The third kappa shape index (κ3) is 10.5. The summed E-state index contributed by atoms with van der Waals surface area (Å²) in [6, 6.07) is 7.58. The van der Waals surface area contributed by atoms with E-state index in [0.29, 0.717) is 48.6 Å². The zero-order chi connectivity index (χ0) is 29.8. The second-order valence-electron chi connectivity index (χ2n) is 10.0. The molecule has 2 heterocycles. The van der Waals surface area contributed by atoms with Crippen LogP contribution in [-0.4, -0.2) is 74.3 Å². The van der Waals surface area contributed by atoms with Crippen LogP contribution >= 0.6 is 21.6 Å². The highest BCUT2D eigenvalue weighted by molar-refractivity contribution is 8.76. The summed E-state index contributed by atoms with van der Waals surface area (Å²) in [6.45, 7) is 8.49. The van der Waals surface area contributed by atoms with Crippen LogP contribution in [0.2, 0.25) is 0 Å². The van der Waals surface area contributed by atoms with Gasteiger partial charge in [-0.25, -0.2) is 14.8 Å². The molecule has 1 aromatic carbocycles. The summed E-state index contributed by atoms with van der Waals surface area (Å²) >= 11 is 0. The molecule has 3 rings (SSSR count). The summed E-state index contributed by atoms with van der Waals surface area (Å²) in [4.78, 5) is 44.7. The Labute approximate surface area is 247 Å². The van der Waals surface area contributed by atoms with Gasteiger partial charge in [0, 0.05) is 42.9 Å². The lowest BCUT2D eigenvalue weighted by molar-refractivity contribution is -0.121. The van der Waals surface area contributed by atoms with E-state index >= 15 is 0 Å². The molecule has 0 aliphatic carbocycles. The molecular formula is C28H39N5O6S2. The van der Waals surface area contributed by atoms with Gasteiger partial charge < -0.3 is 24.5 Å². The normalized spacial score (nSPS) is 11.6. The third-order valence-electron chi connectivity index (χ3n) is 5.78. The molecule has 2 amide bonds. The number of anilines is 1. The first-order chi connectivity index (χ1) is 19.6. The number of para-hydroxylation sites is 1. The van der Waals surface area contributed by atoms with Crippen LogP contribution in [-0.2, 0) is 32.2 Å². The Hall–Kier alpha value is -2.87. The number of carbonyl (C=O) groups is 3. The number of hydrogen-bond donors (Lipinski definition) is 3. The second kappa shape index (κ2) is 15.9. The Kier molecular flexibility index (Phi) is 12.7. The van der Waals surface area contributed by atoms with E-state index in [1.165, 1.54) is 6.92 Å². The molecule has 0 fully saturated rings. The second-order valence-corrected chi connectivity index (χ2v) is 12.8. The average Bonchev–Trinajstić information content (AvgIpc) is 3.25. The number of aliphatic hydroxyl groups is 1. The maximum absolute atomic E-state index is 12.7. The fourth-order valence-electron chi connectivity index (χ4n) is 4.01. The van der Waals surface area contributed by atoms with E-state index in [2.05, 4.69) is 15.6 Å². The molecule has 0 unspecified atom stereocenters. The van der Waals surface area contributed by atoms with Crippen molar-refractivity contribution >= 4 is 67.1 Å². The maximum atomic E-state index is 12.7. The van der Waals surface area contributed by atoms with Crippen molar-refractivity contribution in [1.29, 1.82) is 0 Å². The molecule has 41 heavy (non-hydrogen) atoms. The number of imidazole rings is 1. The van der Waals surface area contributed by atoms with E-state index in [0.717, 1.165) is 23.1 Å². The zero-order valence-corrected chi connectivity index (χ0v) is 25.7. The summed E-state index contributed by atoms with van der Waals surface area (Å²) in [5.74, 6) is 2.28. The van der Waals surface area contributed by atoms with Gasteiger partial charge in [-0.15, -0.1) is 0 Å². The van der Waals surface area contributed by atoms with E-state index in [1.54, 1.807) is 35.4 Å². The van der Waals surface area contributed by atoms with E-state index in [-0.39, 0.29) is 37.3 Å². The molecule has 224 valence electrons. The molecule has 13 heteroatoms. The minimum absolute atomic E-state index is 0.0526. The summed E-state index contributed by atoms with van der Waals surface area (Å²) in [7, 11) is 3.18. The van der Waals surface area contributed by atoms with Crippen LogP contribution in [0.5, 0.6) is 0 Å². The highest BCUT2D eigenvalue weighted by Crippen LogP contribution is 2.31. The van der Waals surface area contributed by atoms with Gasteiger partial charge in [-0.3, -0.25) is 14.9 Å². The van der Waals surface area contributed by atoms with E-state index < -0.39 is 11.7 Å². The molecule has 0 bridgehead atoms. The molecule has 2 aromatic heterocycles. The highest BCUT2D eigenvalue weighted by Gasteiger charge is 2.24. The van der Waals surface area contributed by atoms with Gasteiger partial charge >= 0.3 is 6.09 Å². The first-order valence-corrected chi connectivity index (χ1v) is 16.1. The lowest BCUT2D eigenvalue weighted by Gasteiger charge is -2.20. The van der Waals surface area contributed by atoms with Crippen LogP contribution in [0.25, 0.3) is 21.9 Å². The van der Waals surface area contributed by atoms with Gasteiger partial charge in [0.05, 0.1) is 23.2 Å². The van der Waals surface area contributed by atoms with Crippen LogP contribution in [0.1, 0.15) is 52.8 Å². The van der Waals surface area contributed by atoms with Crippen LogP contribution in [0.3, 0.4) is 0 Å².